The van der Waals surface area contributed by atoms with Gasteiger partial charge in [-0.2, -0.15) is 0 Å². The summed E-state index contributed by atoms with van der Waals surface area (Å²) < 4.78 is 0.846. The molecule has 1 N–H and O–H groups in total. The van der Waals surface area contributed by atoms with E-state index in [4.69, 9.17) is 0 Å². The molecule has 0 heterocycles. The lowest BCUT2D eigenvalue weighted by Crippen LogP contribution is -2.53. The number of nitrogens with zero attached hydrogens (tertiary/aromatic N) is 1. The van der Waals surface area contributed by atoms with Gasteiger partial charge in [0.2, 0.25) is 0 Å². The predicted octanol–water partition coefficient (Wildman–Crippen LogP) is 1.53. The highest BCUT2D eigenvalue weighted by Gasteiger charge is 2.32. The van der Waals surface area contributed by atoms with Crippen LogP contribution in [0.5, 0.6) is 0 Å². The molecule has 1 rings (SSSR count). The van der Waals surface area contributed by atoms with Gasteiger partial charge in [-0.15, -0.1) is 0 Å². The van der Waals surface area contributed by atoms with E-state index >= 15 is 0 Å². The molecule has 0 radical (unpaired) electrons. The number of rotatable bonds is 4. The molecule has 3 nitrogen and oxygen atoms in total. The lowest BCUT2D eigenvalue weighted by molar-refractivity contribution is -0.906. The van der Waals surface area contributed by atoms with Crippen LogP contribution in [0, 0.1) is 0 Å². The number of carbonyl (C=O) groups excluding carboxylic acids is 1. The average molecular weight is 213 g/mol. The van der Waals surface area contributed by atoms with Crippen molar-refractivity contribution in [1.29, 1.82) is 0 Å². The molecule has 0 spiro atoms. The normalized spacial score (nSPS) is 18.5. The summed E-state index contributed by atoms with van der Waals surface area (Å²) in [6.45, 7) is 4.63. The summed E-state index contributed by atoms with van der Waals surface area (Å²) in [4.78, 5) is 11.7. The van der Waals surface area contributed by atoms with E-state index in [1.807, 2.05) is 13.8 Å². The lowest BCUT2D eigenvalue weighted by Gasteiger charge is -2.35. The fourth-order valence-electron chi connectivity index (χ4n) is 2.47. The van der Waals surface area contributed by atoms with Crippen molar-refractivity contribution >= 4 is 5.91 Å². The highest BCUT2D eigenvalue weighted by Crippen LogP contribution is 2.26. The first-order chi connectivity index (χ1) is 6.92. The Kier molecular flexibility index (Phi) is 4.14. The summed E-state index contributed by atoms with van der Waals surface area (Å²) in [5.74, 6) is 0.182. The molecule has 0 aliphatic heterocycles. The van der Waals surface area contributed by atoms with E-state index in [1.54, 1.807) is 0 Å². The second kappa shape index (κ2) is 4.97. The minimum absolute atomic E-state index is 0.182. The van der Waals surface area contributed by atoms with Crippen molar-refractivity contribution in [1.82, 2.24) is 5.32 Å². The van der Waals surface area contributed by atoms with Crippen LogP contribution >= 0.6 is 0 Å². The monoisotopic (exact) mass is 213 g/mol. The van der Waals surface area contributed by atoms with E-state index in [-0.39, 0.29) is 11.9 Å². The standard InChI is InChI=1S/C12H24N2O/c1-10(2)13-12(15)9-14(3,4)11-7-5-6-8-11/h10-11H,5-9H2,1-4H3/p+1. The molecular formula is C12H25N2O+. The highest BCUT2D eigenvalue weighted by atomic mass is 16.2. The van der Waals surface area contributed by atoms with E-state index in [9.17, 15) is 4.79 Å². The number of amides is 1. The van der Waals surface area contributed by atoms with Crippen molar-refractivity contribution in [2.75, 3.05) is 20.6 Å². The molecule has 0 atom stereocenters. The van der Waals surface area contributed by atoms with Crippen molar-refractivity contribution < 1.29 is 9.28 Å². The van der Waals surface area contributed by atoms with Crippen LogP contribution < -0.4 is 5.32 Å². The fraction of sp³-hybridized carbons (Fsp3) is 0.917. The molecule has 0 aromatic rings. The number of likely N-dealkylation sites (N-methyl/N-ethyl adjacent to an activating group) is 1. The van der Waals surface area contributed by atoms with E-state index in [1.165, 1.54) is 25.7 Å². The summed E-state index contributed by atoms with van der Waals surface area (Å²) in [7, 11) is 4.35. The molecule has 0 aromatic carbocycles. The summed E-state index contributed by atoms with van der Waals surface area (Å²) in [6, 6.07) is 0.934. The Morgan fingerprint density at radius 2 is 1.87 bits per heavy atom. The van der Waals surface area contributed by atoms with Crippen molar-refractivity contribution in [3.63, 3.8) is 0 Å². The molecule has 1 amide bonds. The maximum absolute atomic E-state index is 11.7. The minimum atomic E-state index is 0.182. The Hall–Kier alpha value is -0.570. The number of hydrogen-bond acceptors (Lipinski definition) is 1. The van der Waals surface area contributed by atoms with Crippen molar-refractivity contribution in [3.05, 3.63) is 0 Å². The predicted molar refractivity (Wildman–Crippen MR) is 62.5 cm³/mol. The van der Waals surface area contributed by atoms with Gasteiger partial charge in [-0.25, -0.2) is 0 Å². The zero-order valence-electron chi connectivity index (χ0n) is 10.5. The Morgan fingerprint density at radius 3 is 2.33 bits per heavy atom. The molecule has 3 heteroatoms. The Labute approximate surface area is 93.4 Å². The summed E-state index contributed by atoms with van der Waals surface area (Å²) in [5.41, 5.74) is 0. The number of hydrogen-bond donors (Lipinski definition) is 1. The number of quaternary nitrogens is 1. The first-order valence-electron chi connectivity index (χ1n) is 6.04. The highest BCUT2D eigenvalue weighted by molar-refractivity contribution is 5.77. The maximum Gasteiger partial charge on any atom is 0.275 e. The van der Waals surface area contributed by atoms with Crippen LogP contribution in [-0.2, 0) is 4.79 Å². The zero-order valence-corrected chi connectivity index (χ0v) is 10.5. The third kappa shape index (κ3) is 3.82. The second-order valence-electron chi connectivity index (χ2n) is 5.60. The smallest absolute Gasteiger partial charge is 0.275 e. The SMILES string of the molecule is CC(C)NC(=O)C[N+](C)(C)C1CCCC1. The largest absolute Gasteiger partial charge is 0.349 e. The van der Waals surface area contributed by atoms with Crippen LogP contribution in [0.3, 0.4) is 0 Å². The summed E-state index contributed by atoms with van der Waals surface area (Å²) in [5, 5.41) is 2.97. The first kappa shape index (κ1) is 12.5. The van der Waals surface area contributed by atoms with Crippen molar-refractivity contribution in [3.8, 4) is 0 Å². The summed E-state index contributed by atoms with van der Waals surface area (Å²) >= 11 is 0. The quantitative estimate of drug-likeness (QED) is 0.705. The van der Waals surface area contributed by atoms with Crippen LogP contribution in [-0.4, -0.2) is 43.1 Å². The molecule has 0 saturated heterocycles. The average Bonchev–Trinajstić information content (AvgIpc) is 2.51. The molecule has 1 aliphatic carbocycles. The fourth-order valence-corrected chi connectivity index (χ4v) is 2.47. The topological polar surface area (TPSA) is 29.1 Å². The molecular weight excluding hydrogens is 188 g/mol. The Bertz CT molecular complexity index is 218. The summed E-state index contributed by atoms with van der Waals surface area (Å²) in [6.07, 6.45) is 5.22. The van der Waals surface area contributed by atoms with Crippen molar-refractivity contribution in [2.24, 2.45) is 0 Å². The van der Waals surface area contributed by atoms with Gasteiger partial charge < -0.3 is 9.80 Å². The van der Waals surface area contributed by atoms with Gasteiger partial charge in [0.15, 0.2) is 6.54 Å². The van der Waals surface area contributed by atoms with Crippen LogP contribution in [0.2, 0.25) is 0 Å². The van der Waals surface area contributed by atoms with Crippen LogP contribution in [0.25, 0.3) is 0 Å². The van der Waals surface area contributed by atoms with Crippen LogP contribution in [0.4, 0.5) is 0 Å². The van der Waals surface area contributed by atoms with Gasteiger partial charge in [-0.3, -0.25) is 4.79 Å². The molecule has 0 aromatic heterocycles. The van der Waals surface area contributed by atoms with Crippen LogP contribution in [0.15, 0.2) is 0 Å². The van der Waals surface area contributed by atoms with E-state index in [0.717, 1.165) is 4.48 Å². The van der Waals surface area contributed by atoms with Gasteiger partial charge >= 0.3 is 0 Å². The molecule has 0 bridgehead atoms. The van der Waals surface area contributed by atoms with Gasteiger partial charge in [0.05, 0.1) is 20.1 Å². The Morgan fingerprint density at radius 1 is 1.33 bits per heavy atom. The Balaban J connectivity index is 2.43. The molecule has 1 aliphatic rings. The molecule has 15 heavy (non-hydrogen) atoms. The van der Waals surface area contributed by atoms with Gasteiger partial charge in [0.25, 0.3) is 5.91 Å². The van der Waals surface area contributed by atoms with Gasteiger partial charge in [-0.05, 0) is 39.5 Å². The van der Waals surface area contributed by atoms with Gasteiger partial charge in [-0.1, -0.05) is 0 Å². The maximum atomic E-state index is 11.7. The minimum Gasteiger partial charge on any atom is -0.349 e. The van der Waals surface area contributed by atoms with E-state index in [0.29, 0.717) is 12.6 Å². The third-order valence-electron chi connectivity index (χ3n) is 3.31. The van der Waals surface area contributed by atoms with E-state index < -0.39 is 0 Å². The zero-order chi connectivity index (χ0) is 11.5. The van der Waals surface area contributed by atoms with Gasteiger partial charge in [0, 0.05) is 6.04 Å². The third-order valence-corrected chi connectivity index (χ3v) is 3.31. The second-order valence-corrected chi connectivity index (χ2v) is 5.60. The molecule has 88 valence electrons. The first-order valence-corrected chi connectivity index (χ1v) is 6.04. The molecule has 1 saturated carbocycles. The number of carbonyl (C=O) groups is 1. The van der Waals surface area contributed by atoms with Gasteiger partial charge in [0.1, 0.15) is 0 Å². The van der Waals surface area contributed by atoms with E-state index in [2.05, 4.69) is 19.4 Å². The van der Waals surface area contributed by atoms with Crippen LogP contribution in [0.1, 0.15) is 39.5 Å². The lowest BCUT2D eigenvalue weighted by atomic mass is 10.2. The number of nitrogens with one attached hydrogen (secondary N) is 1. The van der Waals surface area contributed by atoms with Crippen molar-refractivity contribution in [2.45, 2.75) is 51.6 Å². The molecule has 0 unspecified atom stereocenters. The molecule has 1 fully saturated rings.